The van der Waals surface area contributed by atoms with E-state index in [2.05, 4.69) is 5.32 Å². The average molecular weight is 231 g/mol. The Morgan fingerprint density at radius 1 is 1.44 bits per heavy atom. The highest BCUT2D eigenvalue weighted by Crippen LogP contribution is 2.39. The highest BCUT2D eigenvalue weighted by atomic mass is 16.5. The number of rotatable bonds is 9. The van der Waals surface area contributed by atoms with Crippen molar-refractivity contribution in [3.8, 4) is 0 Å². The van der Waals surface area contributed by atoms with Gasteiger partial charge in [-0.15, -0.1) is 0 Å². The molecule has 1 rings (SSSR count). The van der Waals surface area contributed by atoms with Crippen molar-refractivity contribution in [1.82, 2.24) is 5.32 Å². The van der Waals surface area contributed by atoms with E-state index >= 15 is 0 Å². The molecule has 5 heteroatoms. The van der Waals surface area contributed by atoms with E-state index in [0.29, 0.717) is 26.4 Å². The first kappa shape index (κ1) is 13.4. The number of nitrogens with one attached hydrogen (secondary N) is 1. The summed E-state index contributed by atoms with van der Waals surface area (Å²) in [6, 6.07) is 0. The fourth-order valence-electron chi connectivity index (χ4n) is 1.68. The maximum absolute atomic E-state index is 11.1. The van der Waals surface area contributed by atoms with Crippen molar-refractivity contribution in [2.45, 2.75) is 25.3 Å². The van der Waals surface area contributed by atoms with Gasteiger partial charge in [0.2, 0.25) is 0 Å². The van der Waals surface area contributed by atoms with Crippen LogP contribution in [0.5, 0.6) is 0 Å². The first-order chi connectivity index (χ1) is 7.61. The van der Waals surface area contributed by atoms with Crippen molar-refractivity contribution < 1.29 is 19.4 Å². The van der Waals surface area contributed by atoms with E-state index in [1.807, 2.05) is 0 Å². The van der Waals surface area contributed by atoms with Crippen molar-refractivity contribution in [2.75, 3.05) is 33.5 Å². The molecule has 1 saturated carbocycles. The Balaban J connectivity index is 2.16. The van der Waals surface area contributed by atoms with Crippen LogP contribution in [0.15, 0.2) is 0 Å². The summed E-state index contributed by atoms with van der Waals surface area (Å²) in [6.07, 6.45) is 2.00. The van der Waals surface area contributed by atoms with Crippen LogP contribution in [-0.4, -0.2) is 50.1 Å². The molecule has 0 aromatic heterocycles. The Bertz CT molecular complexity index is 230. The van der Waals surface area contributed by atoms with Crippen LogP contribution in [0.4, 0.5) is 0 Å². The average Bonchev–Trinajstić information content (AvgIpc) is 3.06. The number of aliphatic carboxylic acids is 1. The number of hydrogen-bond donors (Lipinski definition) is 2. The molecule has 2 N–H and O–H groups in total. The maximum Gasteiger partial charge on any atom is 0.323 e. The largest absolute Gasteiger partial charge is 0.480 e. The second-order valence-corrected chi connectivity index (χ2v) is 4.31. The lowest BCUT2D eigenvalue weighted by Gasteiger charge is -2.26. The second-order valence-electron chi connectivity index (χ2n) is 4.31. The summed E-state index contributed by atoms with van der Waals surface area (Å²) in [5, 5.41) is 12.2. The minimum atomic E-state index is -0.787. The molecule has 0 bridgehead atoms. The van der Waals surface area contributed by atoms with Gasteiger partial charge in [0.1, 0.15) is 5.54 Å². The number of ether oxygens (including phenoxy) is 2. The van der Waals surface area contributed by atoms with Gasteiger partial charge in [0, 0.05) is 13.7 Å². The molecule has 5 nitrogen and oxygen atoms in total. The molecule has 16 heavy (non-hydrogen) atoms. The Morgan fingerprint density at radius 2 is 2.12 bits per heavy atom. The van der Waals surface area contributed by atoms with E-state index < -0.39 is 11.5 Å². The molecule has 0 spiro atoms. The maximum atomic E-state index is 11.1. The minimum absolute atomic E-state index is 0.268. The summed E-state index contributed by atoms with van der Waals surface area (Å²) < 4.78 is 10.1. The van der Waals surface area contributed by atoms with Crippen LogP contribution >= 0.6 is 0 Å². The lowest BCUT2D eigenvalue weighted by molar-refractivity contribution is -0.145. The van der Waals surface area contributed by atoms with Crippen molar-refractivity contribution in [2.24, 2.45) is 5.92 Å². The third kappa shape index (κ3) is 3.73. The smallest absolute Gasteiger partial charge is 0.323 e. The van der Waals surface area contributed by atoms with Gasteiger partial charge in [-0.05, 0) is 25.7 Å². The Morgan fingerprint density at radius 3 is 2.62 bits per heavy atom. The number of methoxy groups -OCH3 is 1. The third-order valence-electron chi connectivity index (χ3n) is 3.01. The lowest BCUT2D eigenvalue weighted by Crippen LogP contribution is -2.52. The molecule has 1 aliphatic rings. The standard InChI is InChI=1S/C11H21NO4/c1-11(10(13)14,9-3-4-9)12-5-6-16-8-7-15-2/h9,12H,3-8H2,1-2H3,(H,13,14). The van der Waals surface area contributed by atoms with Gasteiger partial charge in [-0.25, -0.2) is 0 Å². The first-order valence-corrected chi connectivity index (χ1v) is 5.66. The van der Waals surface area contributed by atoms with E-state index in [-0.39, 0.29) is 5.92 Å². The molecule has 0 radical (unpaired) electrons. The molecular formula is C11H21NO4. The van der Waals surface area contributed by atoms with Crippen LogP contribution in [0.3, 0.4) is 0 Å². The molecule has 1 aliphatic carbocycles. The van der Waals surface area contributed by atoms with Crippen molar-refractivity contribution >= 4 is 5.97 Å². The molecule has 0 aliphatic heterocycles. The summed E-state index contributed by atoms with van der Waals surface area (Å²) in [4.78, 5) is 11.1. The fraction of sp³-hybridized carbons (Fsp3) is 0.909. The van der Waals surface area contributed by atoms with Crippen LogP contribution in [0, 0.1) is 5.92 Å². The van der Waals surface area contributed by atoms with Gasteiger partial charge in [0.25, 0.3) is 0 Å². The molecule has 1 unspecified atom stereocenters. The monoisotopic (exact) mass is 231 g/mol. The van der Waals surface area contributed by atoms with Crippen molar-refractivity contribution in [3.63, 3.8) is 0 Å². The molecule has 0 heterocycles. The lowest BCUT2D eigenvalue weighted by atomic mass is 9.96. The first-order valence-electron chi connectivity index (χ1n) is 5.66. The van der Waals surface area contributed by atoms with Crippen molar-refractivity contribution in [3.05, 3.63) is 0 Å². The number of carboxylic acid groups (broad SMARTS) is 1. The third-order valence-corrected chi connectivity index (χ3v) is 3.01. The highest BCUT2D eigenvalue weighted by molar-refractivity contribution is 5.79. The number of carbonyl (C=O) groups is 1. The fourth-order valence-corrected chi connectivity index (χ4v) is 1.68. The van der Waals surface area contributed by atoms with E-state index in [4.69, 9.17) is 14.6 Å². The van der Waals surface area contributed by atoms with Gasteiger partial charge < -0.3 is 14.6 Å². The molecule has 0 aromatic carbocycles. The van der Waals surface area contributed by atoms with Gasteiger partial charge in [0.15, 0.2) is 0 Å². The van der Waals surface area contributed by atoms with Crippen LogP contribution in [0.2, 0.25) is 0 Å². The summed E-state index contributed by atoms with van der Waals surface area (Å²) in [7, 11) is 1.62. The summed E-state index contributed by atoms with van der Waals surface area (Å²) in [5.74, 6) is -0.504. The minimum Gasteiger partial charge on any atom is -0.480 e. The number of carboxylic acids is 1. The molecule has 1 atom stereocenters. The van der Waals surface area contributed by atoms with Crippen LogP contribution in [0.25, 0.3) is 0 Å². The highest BCUT2D eigenvalue weighted by Gasteiger charge is 2.46. The van der Waals surface area contributed by atoms with Gasteiger partial charge in [-0.1, -0.05) is 0 Å². The predicted octanol–water partition coefficient (Wildman–Crippen LogP) is 0.492. The topological polar surface area (TPSA) is 67.8 Å². The molecule has 1 fully saturated rings. The quantitative estimate of drug-likeness (QED) is 0.565. The summed E-state index contributed by atoms with van der Waals surface area (Å²) in [6.45, 7) is 3.94. The zero-order valence-electron chi connectivity index (χ0n) is 9.99. The zero-order chi connectivity index (χ0) is 12.0. The molecular weight excluding hydrogens is 210 g/mol. The molecule has 94 valence electrons. The van der Waals surface area contributed by atoms with Crippen molar-refractivity contribution in [1.29, 1.82) is 0 Å². The SMILES string of the molecule is COCCOCCNC(C)(C(=O)O)C1CC1. The van der Waals surface area contributed by atoms with E-state index in [9.17, 15) is 4.79 Å². The van der Waals surface area contributed by atoms with E-state index in [1.165, 1.54) is 0 Å². The van der Waals surface area contributed by atoms with E-state index in [1.54, 1.807) is 14.0 Å². The Kier molecular flexibility index (Phi) is 5.18. The van der Waals surface area contributed by atoms with Crippen LogP contribution < -0.4 is 5.32 Å². The normalized spacial score (nSPS) is 19.4. The van der Waals surface area contributed by atoms with E-state index in [0.717, 1.165) is 12.8 Å². The zero-order valence-corrected chi connectivity index (χ0v) is 9.99. The molecule has 0 aromatic rings. The molecule has 0 amide bonds. The van der Waals surface area contributed by atoms with Gasteiger partial charge in [-0.3, -0.25) is 10.1 Å². The summed E-state index contributed by atoms with van der Waals surface area (Å²) in [5.41, 5.74) is -0.787. The summed E-state index contributed by atoms with van der Waals surface area (Å²) >= 11 is 0. The second kappa shape index (κ2) is 6.18. The van der Waals surface area contributed by atoms with Crippen LogP contribution in [0.1, 0.15) is 19.8 Å². The van der Waals surface area contributed by atoms with Gasteiger partial charge in [0.05, 0.1) is 19.8 Å². The van der Waals surface area contributed by atoms with Crippen LogP contribution in [-0.2, 0) is 14.3 Å². The van der Waals surface area contributed by atoms with Gasteiger partial charge in [-0.2, -0.15) is 0 Å². The predicted molar refractivity (Wildman–Crippen MR) is 59.5 cm³/mol. The molecule has 0 saturated heterocycles. The Hall–Kier alpha value is -0.650. The number of hydrogen-bond acceptors (Lipinski definition) is 4. The van der Waals surface area contributed by atoms with Gasteiger partial charge >= 0.3 is 5.97 Å². The Labute approximate surface area is 96.1 Å².